The molecule has 3 N–H and O–H groups in total. The number of aliphatic hydroxyl groups is 3. The Morgan fingerprint density at radius 1 is 0.875 bits per heavy atom. The van der Waals surface area contributed by atoms with Gasteiger partial charge in [-0.05, 0) is 26.1 Å². The molecule has 1 aliphatic heterocycles. The Balaban J connectivity index is 0. The van der Waals surface area contributed by atoms with Crippen molar-refractivity contribution in [3.8, 4) is 0 Å². The first-order chi connectivity index (χ1) is 11.5. The van der Waals surface area contributed by atoms with Gasteiger partial charge in [-0.25, -0.2) is 0 Å². The van der Waals surface area contributed by atoms with Crippen LogP contribution in [0.4, 0.5) is 0 Å². The highest BCUT2D eigenvalue weighted by atomic mass is 16.3. The van der Waals surface area contributed by atoms with Gasteiger partial charge in [0.2, 0.25) is 5.91 Å². The lowest BCUT2D eigenvalue weighted by Crippen LogP contribution is -2.32. The summed E-state index contributed by atoms with van der Waals surface area (Å²) in [6.45, 7) is 12.8. The van der Waals surface area contributed by atoms with Gasteiger partial charge in [0.05, 0.1) is 19.8 Å². The van der Waals surface area contributed by atoms with Crippen LogP contribution in [0, 0.1) is 0 Å². The van der Waals surface area contributed by atoms with Crippen LogP contribution in [-0.2, 0) is 4.79 Å². The highest BCUT2D eigenvalue weighted by Gasteiger charge is 2.14. The van der Waals surface area contributed by atoms with Crippen LogP contribution in [-0.4, -0.2) is 109 Å². The Kier molecular flexibility index (Phi) is 19.8. The van der Waals surface area contributed by atoms with Crippen molar-refractivity contribution >= 4 is 5.91 Å². The van der Waals surface area contributed by atoms with Gasteiger partial charge >= 0.3 is 0 Å². The van der Waals surface area contributed by atoms with E-state index < -0.39 is 0 Å². The SMILES string of the molecule is CCN(CC)CC.CN1CCCC1=O.OCCN(CCO)CCO. The number of hydrogen-bond donors (Lipinski definition) is 3. The Labute approximate surface area is 147 Å². The maximum atomic E-state index is 10.5. The first kappa shape index (κ1) is 25.5. The van der Waals surface area contributed by atoms with E-state index >= 15 is 0 Å². The lowest BCUT2D eigenvalue weighted by Gasteiger charge is -2.17. The summed E-state index contributed by atoms with van der Waals surface area (Å²) in [7, 11) is 1.84. The van der Waals surface area contributed by atoms with E-state index in [0.29, 0.717) is 25.5 Å². The fraction of sp³-hybridized carbons (Fsp3) is 0.941. The molecule has 0 atom stereocenters. The molecule has 1 heterocycles. The summed E-state index contributed by atoms with van der Waals surface area (Å²) in [6.07, 6.45) is 1.81. The van der Waals surface area contributed by atoms with Gasteiger partial charge in [-0.2, -0.15) is 0 Å². The third-order valence-corrected chi connectivity index (χ3v) is 3.90. The number of aliphatic hydroxyl groups excluding tert-OH is 3. The third-order valence-electron chi connectivity index (χ3n) is 3.90. The molecule has 146 valence electrons. The smallest absolute Gasteiger partial charge is 0.222 e. The molecule has 1 amide bonds. The molecule has 0 saturated carbocycles. The van der Waals surface area contributed by atoms with Crippen molar-refractivity contribution in [1.29, 1.82) is 0 Å². The summed E-state index contributed by atoms with van der Waals surface area (Å²) in [5.41, 5.74) is 0. The number of amides is 1. The minimum atomic E-state index is 0.0694. The van der Waals surface area contributed by atoms with Gasteiger partial charge < -0.3 is 25.1 Å². The number of hydrogen-bond acceptors (Lipinski definition) is 6. The molecular weight excluding hydrogens is 310 g/mol. The van der Waals surface area contributed by atoms with E-state index in [9.17, 15) is 4.79 Å². The number of carbonyl (C=O) groups excluding carboxylic acids is 1. The van der Waals surface area contributed by atoms with E-state index in [-0.39, 0.29) is 19.8 Å². The Morgan fingerprint density at radius 2 is 1.29 bits per heavy atom. The molecule has 7 heteroatoms. The van der Waals surface area contributed by atoms with Gasteiger partial charge in [0.25, 0.3) is 0 Å². The first-order valence-electron chi connectivity index (χ1n) is 9.01. The molecular formula is C17H39N3O4. The van der Waals surface area contributed by atoms with E-state index in [1.807, 2.05) is 7.05 Å². The van der Waals surface area contributed by atoms with Crippen LogP contribution in [0.1, 0.15) is 33.6 Å². The van der Waals surface area contributed by atoms with Crippen LogP contribution in [0.5, 0.6) is 0 Å². The third kappa shape index (κ3) is 14.8. The number of likely N-dealkylation sites (tertiary alicyclic amines) is 1. The van der Waals surface area contributed by atoms with Crippen molar-refractivity contribution in [2.24, 2.45) is 0 Å². The van der Waals surface area contributed by atoms with Gasteiger partial charge in [-0.15, -0.1) is 0 Å². The number of nitrogens with zero attached hydrogens (tertiary/aromatic N) is 3. The molecule has 24 heavy (non-hydrogen) atoms. The predicted molar refractivity (Wildman–Crippen MR) is 98.0 cm³/mol. The molecule has 0 bridgehead atoms. The van der Waals surface area contributed by atoms with Crippen molar-refractivity contribution in [2.45, 2.75) is 33.6 Å². The standard InChI is InChI=1S/C6H15NO3.C6H15N.C5H9NO/c8-4-1-7(2-5-9)3-6-10;1-4-7(5-2)6-3;1-6-4-2-3-5(6)7/h8-10H,1-6H2;4-6H2,1-3H3;2-4H2,1H3. The number of rotatable bonds is 9. The van der Waals surface area contributed by atoms with Gasteiger partial charge in [-0.3, -0.25) is 9.69 Å². The van der Waals surface area contributed by atoms with E-state index in [2.05, 4.69) is 25.7 Å². The van der Waals surface area contributed by atoms with E-state index in [4.69, 9.17) is 15.3 Å². The Hall–Kier alpha value is -0.730. The quantitative estimate of drug-likeness (QED) is 0.537. The van der Waals surface area contributed by atoms with Crippen LogP contribution >= 0.6 is 0 Å². The van der Waals surface area contributed by atoms with Crippen LogP contribution in [0.3, 0.4) is 0 Å². The largest absolute Gasteiger partial charge is 0.395 e. The molecule has 0 radical (unpaired) electrons. The fourth-order valence-electron chi connectivity index (χ4n) is 2.21. The van der Waals surface area contributed by atoms with Crippen LogP contribution in [0.25, 0.3) is 0 Å². The summed E-state index contributed by atoms with van der Waals surface area (Å²) in [4.78, 5) is 16.4. The predicted octanol–water partition coefficient (Wildman–Crippen LogP) is -0.148. The summed E-state index contributed by atoms with van der Waals surface area (Å²) in [5.74, 6) is 0.292. The van der Waals surface area contributed by atoms with E-state index in [1.54, 1.807) is 9.80 Å². The van der Waals surface area contributed by atoms with Crippen molar-refractivity contribution < 1.29 is 20.1 Å². The van der Waals surface area contributed by atoms with Gasteiger partial charge in [-0.1, -0.05) is 20.8 Å². The zero-order valence-corrected chi connectivity index (χ0v) is 16.1. The van der Waals surface area contributed by atoms with Gasteiger partial charge in [0, 0.05) is 39.6 Å². The molecule has 0 aromatic heterocycles. The zero-order chi connectivity index (χ0) is 18.8. The zero-order valence-electron chi connectivity index (χ0n) is 16.1. The van der Waals surface area contributed by atoms with E-state index in [1.165, 1.54) is 19.6 Å². The molecule has 1 rings (SSSR count). The minimum Gasteiger partial charge on any atom is -0.395 e. The summed E-state index contributed by atoms with van der Waals surface area (Å²) in [6, 6.07) is 0. The van der Waals surface area contributed by atoms with Crippen LogP contribution in [0.2, 0.25) is 0 Å². The average Bonchev–Trinajstić information content (AvgIpc) is 2.94. The maximum absolute atomic E-state index is 10.5. The minimum absolute atomic E-state index is 0.0694. The summed E-state index contributed by atoms with van der Waals surface area (Å²) < 4.78 is 0. The molecule has 0 aliphatic carbocycles. The van der Waals surface area contributed by atoms with Crippen LogP contribution in [0.15, 0.2) is 0 Å². The molecule has 0 spiro atoms. The molecule has 1 fully saturated rings. The van der Waals surface area contributed by atoms with Crippen molar-refractivity contribution in [1.82, 2.24) is 14.7 Å². The monoisotopic (exact) mass is 349 g/mol. The summed E-state index contributed by atoms with van der Waals surface area (Å²) in [5, 5.41) is 25.5. The second-order valence-corrected chi connectivity index (χ2v) is 5.55. The molecule has 1 saturated heterocycles. The lowest BCUT2D eigenvalue weighted by molar-refractivity contribution is -0.126. The normalized spacial score (nSPS) is 13.7. The molecule has 0 aromatic carbocycles. The Morgan fingerprint density at radius 3 is 1.42 bits per heavy atom. The van der Waals surface area contributed by atoms with Gasteiger partial charge in [0.15, 0.2) is 0 Å². The summed E-state index contributed by atoms with van der Waals surface area (Å²) >= 11 is 0. The highest BCUT2D eigenvalue weighted by molar-refractivity contribution is 5.77. The highest BCUT2D eigenvalue weighted by Crippen LogP contribution is 2.04. The van der Waals surface area contributed by atoms with Gasteiger partial charge in [0.1, 0.15) is 0 Å². The molecule has 0 unspecified atom stereocenters. The van der Waals surface area contributed by atoms with Crippen molar-refractivity contribution in [2.75, 3.05) is 72.7 Å². The molecule has 7 nitrogen and oxygen atoms in total. The molecule has 1 aliphatic rings. The Bertz CT molecular complexity index is 257. The van der Waals surface area contributed by atoms with Crippen LogP contribution < -0.4 is 0 Å². The maximum Gasteiger partial charge on any atom is 0.222 e. The lowest BCUT2D eigenvalue weighted by atomic mass is 10.4. The molecule has 0 aromatic rings. The van der Waals surface area contributed by atoms with Crippen molar-refractivity contribution in [3.05, 3.63) is 0 Å². The number of carbonyl (C=O) groups is 1. The average molecular weight is 350 g/mol. The topological polar surface area (TPSA) is 87.5 Å². The fourth-order valence-corrected chi connectivity index (χ4v) is 2.21. The van der Waals surface area contributed by atoms with Crippen molar-refractivity contribution in [3.63, 3.8) is 0 Å². The second kappa shape index (κ2) is 18.6. The second-order valence-electron chi connectivity index (χ2n) is 5.55. The first-order valence-corrected chi connectivity index (χ1v) is 9.01. The van der Waals surface area contributed by atoms with E-state index in [0.717, 1.165) is 19.4 Å².